The maximum atomic E-state index is 6.17. The van der Waals surface area contributed by atoms with E-state index in [-0.39, 0.29) is 0 Å². The number of aryl methyl sites for hydroxylation is 1. The number of fused-ring (bicyclic) bond motifs is 1. The summed E-state index contributed by atoms with van der Waals surface area (Å²) < 4.78 is 2.01. The largest absolute Gasteiger partial charge is 0.286 e. The molecule has 0 unspecified atom stereocenters. The highest BCUT2D eigenvalue weighted by molar-refractivity contribution is 6.31. The normalized spacial score (nSPS) is 11.0. The van der Waals surface area contributed by atoms with Gasteiger partial charge in [-0.05, 0) is 30.2 Å². The first-order chi connectivity index (χ1) is 8.74. The van der Waals surface area contributed by atoms with Crippen molar-refractivity contribution in [3.63, 3.8) is 0 Å². The molecule has 3 rings (SSSR count). The Bertz CT molecular complexity index is 703. The fraction of sp³-hybridized carbons (Fsp3) is 0.143. The number of benzene rings is 1. The van der Waals surface area contributed by atoms with Crippen LogP contribution in [0.4, 0.5) is 0 Å². The second-order valence-corrected chi connectivity index (χ2v) is 4.73. The Labute approximate surface area is 110 Å². The average molecular weight is 258 g/mol. The minimum absolute atomic E-state index is 0.685. The van der Waals surface area contributed by atoms with Gasteiger partial charge < -0.3 is 0 Å². The van der Waals surface area contributed by atoms with E-state index in [2.05, 4.69) is 17.1 Å². The summed E-state index contributed by atoms with van der Waals surface area (Å²) in [6, 6.07) is 11.8. The van der Waals surface area contributed by atoms with E-state index in [0.717, 1.165) is 22.1 Å². The van der Waals surface area contributed by atoms with Crippen molar-refractivity contribution in [1.29, 1.82) is 0 Å². The first kappa shape index (κ1) is 11.2. The highest BCUT2D eigenvalue weighted by Crippen LogP contribution is 2.18. The molecule has 0 bridgehead atoms. The lowest BCUT2D eigenvalue weighted by atomic mass is 10.1. The van der Waals surface area contributed by atoms with Crippen LogP contribution in [0.2, 0.25) is 5.02 Å². The molecular weight excluding hydrogens is 246 g/mol. The highest BCUT2D eigenvalue weighted by Gasteiger charge is 2.08. The summed E-state index contributed by atoms with van der Waals surface area (Å²) in [4.78, 5) is 0. The highest BCUT2D eigenvalue weighted by atomic mass is 35.5. The predicted molar refractivity (Wildman–Crippen MR) is 72.0 cm³/mol. The van der Waals surface area contributed by atoms with Gasteiger partial charge in [-0.2, -0.15) is 0 Å². The van der Waals surface area contributed by atoms with Crippen LogP contribution in [0.15, 0.2) is 42.6 Å². The Morgan fingerprint density at radius 3 is 2.78 bits per heavy atom. The van der Waals surface area contributed by atoms with Gasteiger partial charge in [0.1, 0.15) is 5.82 Å². The minimum atomic E-state index is 0.685. The third-order valence-electron chi connectivity index (χ3n) is 2.93. The lowest BCUT2D eigenvalue weighted by Gasteiger charge is -2.03. The van der Waals surface area contributed by atoms with Crippen molar-refractivity contribution in [2.45, 2.75) is 13.3 Å². The molecule has 1 aromatic carbocycles. The van der Waals surface area contributed by atoms with E-state index in [4.69, 9.17) is 11.6 Å². The van der Waals surface area contributed by atoms with Gasteiger partial charge in [-0.25, -0.2) is 0 Å². The van der Waals surface area contributed by atoms with Gasteiger partial charge in [0.05, 0.1) is 0 Å². The van der Waals surface area contributed by atoms with E-state index in [1.807, 2.05) is 47.0 Å². The molecule has 0 radical (unpaired) electrons. The molecule has 2 heterocycles. The summed E-state index contributed by atoms with van der Waals surface area (Å²) in [6.45, 7) is 2.05. The van der Waals surface area contributed by atoms with Crippen LogP contribution in [-0.2, 0) is 6.42 Å². The van der Waals surface area contributed by atoms with Crippen LogP contribution in [-0.4, -0.2) is 14.6 Å². The number of nitrogens with zero attached hydrogens (tertiary/aromatic N) is 3. The number of aromatic nitrogens is 3. The van der Waals surface area contributed by atoms with Crippen molar-refractivity contribution >= 4 is 17.2 Å². The van der Waals surface area contributed by atoms with E-state index in [1.54, 1.807) is 0 Å². The summed E-state index contributed by atoms with van der Waals surface area (Å²) in [5.74, 6) is 0.904. The maximum absolute atomic E-state index is 6.17. The zero-order chi connectivity index (χ0) is 12.5. The van der Waals surface area contributed by atoms with Gasteiger partial charge in [-0.3, -0.25) is 4.40 Å². The van der Waals surface area contributed by atoms with Crippen LogP contribution >= 0.6 is 11.6 Å². The van der Waals surface area contributed by atoms with E-state index >= 15 is 0 Å². The molecule has 4 heteroatoms. The predicted octanol–water partition coefficient (Wildman–Crippen LogP) is 3.28. The number of rotatable bonds is 2. The summed E-state index contributed by atoms with van der Waals surface area (Å²) in [5, 5.41) is 9.15. The monoisotopic (exact) mass is 257 g/mol. The van der Waals surface area contributed by atoms with Crippen molar-refractivity contribution in [2.24, 2.45) is 0 Å². The molecule has 0 saturated carbocycles. The lowest BCUT2D eigenvalue weighted by Crippen LogP contribution is -1.97. The molecule has 0 saturated heterocycles. The molecule has 3 nitrogen and oxygen atoms in total. The molecule has 0 atom stereocenters. The Morgan fingerprint density at radius 2 is 1.94 bits per heavy atom. The number of hydrogen-bond donors (Lipinski definition) is 0. The van der Waals surface area contributed by atoms with Crippen LogP contribution < -0.4 is 0 Å². The topological polar surface area (TPSA) is 30.2 Å². The Kier molecular flexibility index (Phi) is 2.76. The Balaban J connectivity index is 2.05. The molecule has 90 valence electrons. The molecule has 3 aromatic rings. The first-order valence-corrected chi connectivity index (χ1v) is 6.15. The Hall–Kier alpha value is -1.87. The van der Waals surface area contributed by atoms with Crippen LogP contribution in [0, 0.1) is 6.92 Å². The minimum Gasteiger partial charge on any atom is -0.286 e. The van der Waals surface area contributed by atoms with Crippen molar-refractivity contribution in [2.75, 3.05) is 0 Å². The lowest BCUT2D eigenvalue weighted by molar-refractivity contribution is 0.931. The molecule has 0 N–H and O–H groups in total. The molecule has 18 heavy (non-hydrogen) atoms. The molecule has 0 aliphatic rings. The van der Waals surface area contributed by atoms with Crippen molar-refractivity contribution < 1.29 is 0 Å². The van der Waals surface area contributed by atoms with E-state index in [9.17, 15) is 0 Å². The standard InChI is InChI=1S/C14H12ClN3/c1-10-6-7-13-16-17-14(18(13)9-10)8-11-4-2-3-5-12(11)15/h2-7,9H,8H2,1H3. The van der Waals surface area contributed by atoms with Gasteiger partial charge in [0.2, 0.25) is 0 Å². The zero-order valence-corrected chi connectivity index (χ0v) is 10.7. The fourth-order valence-corrected chi connectivity index (χ4v) is 2.18. The second-order valence-electron chi connectivity index (χ2n) is 4.32. The molecule has 0 spiro atoms. The van der Waals surface area contributed by atoms with Gasteiger partial charge in [0, 0.05) is 17.6 Å². The molecular formula is C14H12ClN3. The van der Waals surface area contributed by atoms with Crippen LogP contribution in [0.25, 0.3) is 5.65 Å². The van der Waals surface area contributed by atoms with Gasteiger partial charge in [0.25, 0.3) is 0 Å². The molecule has 2 aromatic heterocycles. The van der Waals surface area contributed by atoms with Crippen LogP contribution in [0.1, 0.15) is 17.0 Å². The van der Waals surface area contributed by atoms with Crippen LogP contribution in [0.3, 0.4) is 0 Å². The molecule has 0 aliphatic carbocycles. The maximum Gasteiger partial charge on any atom is 0.160 e. The van der Waals surface area contributed by atoms with Crippen molar-refractivity contribution in [1.82, 2.24) is 14.6 Å². The van der Waals surface area contributed by atoms with Crippen molar-refractivity contribution in [3.05, 3.63) is 64.6 Å². The molecule has 0 aliphatic heterocycles. The number of hydrogen-bond acceptors (Lipinski definition) is 2. The summed E-state index contributed by atoms with van der Waals surface area (Å²) in [6.07, 6.45) is 2.73. The molecule has 0 amide bonds. The fourth-order valence-electron chi connectivity index (χ4n) is 1.98. The Morgan fingerprint density at radius 1 is 1.11 bits per heavy atom. The van der Waals surface area contributed by atoms with Gasteiger partial charge in [-0.1, -0.05) is 35.9 Å². The smallest absolute Gasteiger partial charge is 0.160 e. The average Bonchev–Trinajstić information content (AvgIpc) is 2.75. The third-order valence-corrected chi connectivity index (χ3v) is 3.30. The quantitative estimate of drug-likeness (QED) is 0.705. The van der Waals surface area contributed by atoms with Gasteiger partial charge in [0.15, 0.2) is 5.65 Å². The van der Waals surface area contributed by atoms with Crippen LogP contribution in [0.5, 0.6) is 0 Å². The number of pyridine rings is 1. The first-order valence-electron chi connectivity index (χ1n) is 5.78. The third kappa shape index (κ3) is 1.97. The summed E-state index contributed by atoms with van der Waals surface area (Å²) in [5.41, 5.74) is 3.11. The molecule has 0 fully saturated rings. The van der Waals surface area contributed by atoms with E-state index in [0.29, 0.717) is 6.42 Å². The SMILES string of the molecule is Cc1ccc2nnc(Cc3ccccc3Cl)n2c1. The van der Waals surface area contributed by atoms with E-state index in [1.165, 1.54) is 5.56 Å². The van der Waals surface area contributed by atoms with Gasteiger partial charge in [-0.15, -0.1) is 10.2 Å². The van der Waals surface area contributed by atoms with Gasteiger partial charge >= 0.3 is 0 Å². The second kappa shape index (κ2) is 4.42. The summed E-state index contributed by atoms with van der Waals surface area (Å²) in [7, 11) is 0. The van der Waals surface area contributed by atoms with E-state index < -0.39 is 0 Å². The zero-order valence-electron chi connectivity index (χ0n) is 9.97. The summed E-state index contributed by atoms with van der Waals surface area (Å²) >= 11 is 6.17. The van der Waals surface area contributed by atoms with Crippen molar-refractivity contribution in [3.8, 4) is 0 Å². The number of halogens is 1.